The molecule has 86 valence electrons. The largest absolute Gasteiger partial charge is 0.489 e. The molecule has 1 atom stereocenters. The summed E-state index contributed by atoms with van der Waals surface area (Å²) in [6, 6.07) is 6.45. The number of nitrogens with zero attached hydrogens (tertiary/aromatic N) is 1. The van der Waals surface area contributed by atoms with Crippen molar-refractivity contribution in [2.75, 3.05) is 23.8 Å². The lowest BCUT2D eigenvalue weighted by Gasteiger charge is -2.37. The minimum absolute atomic E-state index is 0.469. The molecule has 1 aliphatic carbocycles. The Balaban J connectivity index is 1.92. The molecule has 1 fully saturated rings. The van der Waals surface area contributed by atoms with Crippen LogP contribution in [-0.2, 0) is 0 Å². The molecule has 3 nitrogen and oxygen atoms in total. The van der Waals surface area contributed by atoms with Crippen LogP contribution in [0.1, 0.15) is 19.8 Å². The van der Waals surface area contributed by atoms with Gasteiger partial charge in [0.2, 0.25) is 0 Å². The van der Waals surface area contributed by atoms with Crippen LogP contribution in [0.2, 0.25) is 0 Å². The van der Waals surface area contributed by atoms with E-state index < -0.39 is 0 Å². The predicted octanol–water partition coefficient (Wildman–Crippen LogP) is 2.27. The third kappa shape index (κ3) is 1.70. The first-order valence-corrected chi connectivity index (χ1v) is 6.03. The molecule has 3 heteroatoms. The van der Waals surface area contributed by atoms with E-state index in [1.54, 1.807) is 0 Å². The Morgan fingerprint density at radius 1 is 1.44 bits per heavy atom. The Bertz CT molecular complexity index is 401. The average Bonchev–Trinajstić information content (AvgIpc) is 3.06. The summed E-state index contributed by atoms with van der Waals surface area (Å²) >= 11 is 0. The van der Waals surface area contributed by atoms with E-state index in [0.29, 0.717) is 6.04 Å². The third-order valence-electron chi connectivity index (χ3n) is 3.46. The Hall–Kier alpha value is -1.38. The second-order valence-electron chi connectivity index (χ2n) is 4.98. The van der Waals surface area contributed by atoms with Crippen LogP contribution in [0.4, 0.5) is 11.4 Å². The quantitative estimate of drug-likeness (QED) is 0.774. The van der Waals surface area contributed by atoms with Gasteiger partial charge in [-0.15, -0.1) is 0 Å². The molecular formula is C13H18N2O. The van der Waals surface area contributed by atoms with Crippen LogP contribution in [0.15, 0.2) is 18.2 Å². The van der Waals surface area contributed by atoms with E-state index in [-0.39, 0.29) is 0 Å². The van der Waals surface area contributed by atoms with E-state index in [9.17, 15) is 0 Å². The van der Waals surface area contributed by atoms with Crippen LogP contribution >= 0.6 is 0 Å². The maximum absolute atomic E-state index is 5.78. The number of benzene rings is 1. The SMILES string of the molecule is CC1COc2cc(N)ccc2N1CC1CC1. The zero-order valence-electron chi connectivity index (χ0n) is 9.65. The zero-order valence-corrected chi connectivity index (χ0v) is 9.65. The minimum Gasteiger partial charge on any atom is -0.489 e. The Morgan fingerprint density at radius 2 is 2.25 bits per heavy atom. The standard InChI is InChI=1S/C13H18N2O/c1-9-8-16-13-6-11(14)4-5-12(13)15(9)7-10-2-3-10/h4-6,9-10H,2-3,7-8,14H2,1H3. The molecule has 2 N–H and O–H groups in total. The van der Waals surface area contributed by atoms with E-state index in [4.69, 9.17) is 10.5 Å². The molecule has 1 heterocycles. The molecule has 0 amide bonds. The van der Waals surface area contributed by atoms with Crippen molar-refractivity contribution in [3.63, 3.8) is 0 Å². The van der Waals surface area contributed by atoms with E-state index in [2.05, 4.69) is 17.9 Å². The first-order chi connectivity index (χ1) is 7.74. The van der Waals surface area contributed by atoms with Gasteiger partial charge in [-0.2, -0.15) is 0 Å². The second-order valence-corrected chi connectivity index (χ2v) is 4.98. The topological polar surface area (TPSA) is 38.5 Å². The molecule has 1 unspecified atom stereocenters. The molecule has 0 bridgehead atoms. The fourth-order valence-corrected chi connectivity index (χ4v) is 2.28. The number of fused-ring (bicyclic) bond motifs is 1. The summed E-state index contributed by atoms with van der Waals surface area (Å²) in [4.78, 5) is 2.47. The second kappa shape index (κ2) is 3.58. The van der Waals surface area contributed by atoms with Gasteiger partial charge in [-0.3, -0.25) is 0 Å². The van der Waals surface area contributed by atoms with Gasteiger partial charge in [0, 0.05) is 18.3 Å². The molecule has 1 aromatic carbocycles. The van der Waals surface area contributed by atoms with Gasteiger partial charge in [-0.05, 0) is 37.8 Å². The summed E-state index contributed by atoms with van der Waals surface area (Å²) in [5.41, 5.74) is 7.76. The maximum atomic E-state index is 5.78. The van der Waals surface area contributed by atoms with E-state index in [0.717, 1.165) is 24.0 Å². The lowest BCUT2D eigenvalue weighted by atomic mass is 10.1. The molecule has 0 spiro atoms. The van der Waals surface area contributed by atoms with Crippen molar-refractivity contribution in [3.8, 4) is 5.75 Å². The lowest BCUT2D eigenvalue weighted by molar-refractivity contribution is 0.269. The van der Waals surface area contributed by atoms with Gasteiger partial charge in [0.05, 0.1) is 11.7 Å². The summed E-state index contributed by atoms with van der Waals surface area (Å²) in [5.74, 6) is 1.84. The van der Waals surface area contributed by atoms with Crippen LogP contribution in [0.5, 0.6) is 5.75 Å². The molecular weight excluding hydrogens is 200 g/mol. The molecule has 1 aromatic rings. The molecule has 0 saturated heterocycles. The van der Waals surface area contributed by atoms with Gasteiger partial charge in [0.1, 0.15) is 12.4 Å². The fourth-order valence-electron chi connectivity index (χ4n) is 2.28. The van der Waals surface area contributed by atoms with Crippen molar-refractivity contribution >= 4 is 11.4 Å². The van der Waals surface area contributed by atoms with Gasteiger partial charge < -0.3 is 15.4 Å². The first kappa shape index (κ1) is 9.82. The van der Waals surface area contributed by atoms with Crippen molar-refractivity contribution in [3.05, 3.63) is 18.2 Å². The van der Waals surface area contributed by atoms with E-state index in [1.165, 1.54) is 25.1 Å². The number of hydrogen-bond donors (Lipinski definition) is 1. The Labute approximate surface area is 96.2 Å². The molecule has 2 aliphatic rings. The third-order valence-corrected chi connectivity index (χ3v) is 3.46. The predicted molar refractivity (Wildman–Crippen MR) is 65.9 cm³/mol. The van der Waals surface area contributed by atoms with Gasteiger partial charge in [-0.1, -0.05) is 0 Å². The smallest absolute Gasteiger partial charge is 0.144 e. The highest BCUT2D eigenvalue weighted by molar-refractivity contribution is 5.65. The molecule has 1 aliphatic heterocycles. The highest BCUT2D eigenvalue weighted by Gasteiger charge is 2.30. The Morgan fingerprint density at radius 3 is 3.00 bits per heavy atom. The average molecular weight is 218 g/mol. The number of ether oxygens (including phenoxy) is 1. The van der Waals surface area contributed by atoms with Crippen LogP contribution in [0.25, 0.3) is 0 Å². The van der Waals surface area contributed by atoms with Gasteiger partial charge in [-0.25, -0.2) is 0 Å². The number of nitrogen functional groups attached to an aromatic ring is 1. The van der Waals surface area contributed by atoms with E-state index >= 15 is 0 Å². The van der Waals surface area contributed by atoms with Crippen molar-refractivity contribution in [1.29, 1.82) is 0 Å². The zero-order chi connectivity index (χ0) is 11.1. The summed E-state index contributed by atoms with van der Waals surface area (Å²) in [7, 11) is 0. The monoisotopic (exact) mass is 218 g/mol. The molecule has 16 heavy (non-hydrogen) atoms. The first-order valence-electron chi connectivity index (χ1n) is 6.03. The van der Waals surface area contributed by atoms with Gasteiger partial charge in [0.25, 0.3) is 0 Å². The van der Waals surface area contributed by atoms with Crippen LogP contribution < -0.4 is 15.4 Å². The van der Waals surface area contributed by atoms with Crippen LogP contribution in [0.3, 0.4) is 0 Å². The van der Waals surface area contributed by atoms with Crippen LogP contribution in [0, 0.1) is 5.92 Å². The minimum atomic E-state index is 0.469. The fraction of sp³-hybridized carbons (Fsp3) is 0.538. The van der Waals surface area contributed by atoms with Crippen molar-refractivity contribution in [2.24, 2.45) is 5.92 Å². The Kier molecular flexibility index (Phi) is 2.20. The van der Waals surface area contributed by atoms with Gasteiger partial charge in [0.15, 0.2) is 0 Å². The molecule has 0 radical (unpaired) electrons. The normalized spacial score (nSPS) is 23.8. The molecule has 1 saturated carbocycles. The van der Waals surface area contributed by atoms with Crippen molar-refractivity contribution in [1.82, 2.24) is 0 Å². The summed E-state index contributed by atoms with van der Waals surface area (Å²) in [6.07, 6.45) is 2.77. The highest BCUT2D eigenvalue weighted by Crippen LogP contribution is 2.39. The number of rotatable bonds is 2. The molecule has 3 rings (SSSR count). The number of anilines is 2. The van der Waals surface area contributed by atoms with Crippen LogP contribution in [-0.4, -0.2) is 19.2 Å². The maximum Gasteiger partial charge on any atom is 0.144 e. The van der Waals surface area contributed by atoms with E-state index in [1.807, 2.05) is 12.1 Å². The summed E-state index contributed by atoms with van der Waals surface area (Å²) < 4.78 is 5.73. The van der Waals surface area contributed by atoms with Crippen molar-refractivity contribution < 1.29 is 4.74 Å². The summed E-state index contributed by atoms with van der Waals surface area (Å²) in [5, 5.41) is 0. The summed E-state index contributed by atoms with van der Waals surface area (Å²) in [6.45, 7) is 4.16. The number of nitrogens with two attached hydrogens (primary N) is 1. The number of hydrogen-bond acceptors (Lipinski definition) is 3. The van der Waals surface area contributed by atoms with Gasteiger partial charge >= 0.3 is 0 Å². The highest BCUT2D eigenvalue weighted by atomic mass is 16.5. The van der Waals surface area contributed by atoms with Crippen molar-refractivity contribution in [2.45, 2.75) is 25.8 Å². The lowest BCUT2D eigenvalue weighted by Crippen LogP contribution is -2.42. The molecule has 0 aromatic heterocycles.